The zero-order valence-electron chi connectivity index (χ0n) is 15.0. The zero-order chi connectivity index (χ0) is 17.3. The molecule has 1 heterocycles. The maximum Gasteiger partial charge on any atom is 0.0951 e. The molecule has 0 aromatic heterocycles. The van der Waals surface area contributed by atoms with E-state index in [2.05, 4.69) is 58.4 Å². The molecule has 2 aromatic carbocycles. The summed E-state index contributed by atoms with van der Waals surface area (Å²) in [5, 5.41) is 0. The van der Waals surface area contributed by atoms with Gasteiger partial charge in [0.2, 0.25) is 0 Å². The molecule has 3 nitrogen and oxygen atoms in total. The Morgan fingerprint density at radius 3 is 2.08 bits per heavy atom. The minimum Gasteiger partial charge on any atom is -0.387 e. The van der Waals surface area contributed by atoms with Crippen LogP contribution < -0.4 is 10.6 Å². The van der Waals surface area contributed by atoms with E-state index in [1.165, 1.54) is 54.6 Å². The molecule has 2 aromatic rings. The average molecular weight is 333 g/mol. The van der Waals surface area contributed by atoms with Crippen LogP contribution in [0.15, 0.2) is 53.5 Å². The number of rotatable bonds is 3. The lowest BCUT2D eigenvalue weighted by molar-refractivity contribution is 0.343. The molecule has 130 valence electrons. The predicted molar refractivity (Wildman–Crippen MR) is 106 cm³/mol. The monoisotopic (exact) mass is 333 g/mol. The van der Waals surface area contributed by atoms with E-state index in [1.54, 1.807) is 7.05 Å². The molecule has 3 heteroatoms. The number of nitrogens with two attached hydrogens (primary N) is 1. The number of hydrogen-bond acceptors (Lipinski definition) is 2. The first kappa shape index (κ1) is 16.2. The average Bonchev–Trinajstić information content (AvgIpc) is 2.69. The highest BCUT2D eigenvalue weighted by molar-refractivity contribution is 5.83. The molecule has 25 heavy (non-hydrogen) atoms. The Balaban J connectivity index is 1.85. The van der Waals surface area contributed by atoms with Gasteiger partial charge in [0.15, 0.2) is 0 Å². The molecule has 1 aliphatic heterocycles. The quantitative estimate of drug-likeness (QED) is 0.649. The number of amidine groups is 1. The Labute approximate surface area is 150 Å². The van der Waals surface area contributed by atoms with Crippen LogP contribution in [0.5, 0.6) is 0 Å². The Morgan fingerprint density at radius 1 is 0.960 bits per heavy atom. The summed E-state index contributed by atoms with van der Waals surface area (Å²) >= 11 is 0. The van der Waals surface area contributed by atoms with Crippen molar-refractivity contribution in [2.24, 2.45) is 10.7 Å². The summed E-state index contributed by atoms with van der Waals surface area (Å²) in [7, 11) is 1.77. The first-order chi connectivity index (χ1) is 12.3. The molecule has 0 saturated heterocycles. The van der Waals surface area contributed by atoms with Crippen molar-refractivity contribution in [3.05, 3.63) is 59.7 Å². The van der Waals surface area contributed by atoms with Crippen molar-refractivity contribution in [3.63, 3.8) is 0 Å². The molecule has 4 rings (SSSR count). The number of para-hydroxylation sites is 2. The van der Waals surface area contributed by atoms with Gasteiger partial charge in [0, 0.05) is 36.8 Å². The van der Waals surface area contributed by atoms with Gasteiger partial charge in [-0.15, -0.1) is 0 Å². The summed E-state index contributed by atoms with van der Waals surface area (Å²) in [4.78, 5) is 6.58. The van der Waals surface area contributed by atoms with E-state index in [0.717, 1.165) is 13.0 Å². The smallest absolute Gasteiger partial charge is 0.0951 e. The van der Waals surface area contributed by atoms with Gasteiger partial charge in [0.1, 0.15) is 0 Å². The SMILES string of the molecule is CN=C(N)CCN1c2ccccc2C2(CCCCC2)c2ccccc21. The topological polar surface area (TPSA) is 41.6 Å². The second kappa shape index (κ2) is 6.55. The van der Waals surface area contributed by atoms with Crippen molar-refractivity contribution in [3.8, 4) is 0 Å². The van der Waals surface area contributed by atoms with Gasteiger partial charge in [-0.3, -0.25) is 4.99 Å². The van der Waals surface area contributed by atoms with Crippen LogP contribution in [0.25, 0.3) is 0 Å². The molecule has 0 unspecified atom stereocenters. The molecular formula is C22H27N3. The fourth-order valence-electron chi connectivity index (χ4n) is 4.78. The van der Waals surface area contributed by atoms with Gasteiger partial charge in [0.25, 0.3) is 0 Å². The predicted octanol–water partition coefficient (Wildman–Crippen LogP) is 4.77. The van der Waals surface area contributed by atoms with E-state index in [9.17, 15) is 0 Å². The molecule has 0 amide bonds. The third-order valence-electron chi connectivity index (χ3n) is 6.01. The van der Waals surface area contributed by atoms with Gasteiger partial charge >= 0.3 is 0 Å². The summed E-state index contributed by atoms with van der Waals surface area (Å²) < 4.78 is 0. The number of benzene rings is 2. The van der Waals surface area contributed by atoms with E-state index in [4.69, 9.17) is 5.73 Å². The molecule has 0 bridgehead atoms. The molecule has 2 aliphatic rings. The number of aliphatic imine (C=N–C) groups is 1. The van der Waals surface area contributed by atoms with Crippen LogP contribution in [0.3, 0.4) is 0 Å². The van der Waals surface area contributed by atoms with Crippen molar-refractivity contribution < 1.29 is 0 Å². The molecule has 1 fully saturated rings. The summed E-state index contributed by atoms with van der Waals surface area (Å²) in [6.07, 6.45) is 7.29. The van der Waals surface area contributed by atoms with Gasteiger partial charge < -0.3 is 10.6 Å². The third-order valence-corrected chi connectivity index (χ3v) is 6.01. The Hall–Kier alpha value is -2.29. The van der Waals surface area contributed by atoms with Gasteiger partial charge in [0.05, 0.1) is 5.84 Å². The lowest BCUT2D eigenvalue weighted by atomic mass is 9.63. The number of nitrogens with zero attached hydrogens (tertiary/aromatic N) is 2. The van der Waals surface area contributed by atoms with Crippen molar-refractivity contribution in [1.82, 2.24) is 0 Å². The summed E-state index contributed by atoms with van der Waals surface area (Å²) in [6, 6.07) is 18.0. The zero-order valence-corrected chi connectivity index (χ0v) is 15.0. The summed E-state index contributed by atoms with van der Waals surface area (Å²) in [5.41, 5.74) is 11.9. The maximum atomic E-state index is 5.99. The lowest BCUT2D eigenvalue weighted by Crippen LogP contribution is -2.39. The van der Waals surface area contributed by atoms with Gasteiger partial charge in [-0.1, -0.05) is 55.7 Å². The van der Waals surface area contributed by atoms with Crippen LogP contribution in [0.4, 0.5) is 11.4 Å². The molecule has 2 N–H and O–H groups in total. The largest absolute Gasteiger partial charge is 0.387 e. The fraction of sp³-hybridized carbons (Fsp3) is 0.409. The van der Waals surface area contributed by atoms with Crippen molar-refractivity contribution in [2.45, 2.75) is 43.9 Å². The maximum absolute atomic E-state index is 5.99. The number of fused-ring (bicyclic) bond motifs is 4. The second-order valence-corrected chi connectivity index (χ2v) is 7.29. The van der Waals surface area contributed by atoms with Crippen LogP contribution in [0.1, 0.15) is 49.7 Å². The van der Waals surface area contributed by atoms with Crippen LogP contribution >= 0.6 is 0 Å². The second-order valence-electron chi connectivity index (χ2n) is 7.29. The fourth-order valence-corrected chi connectivity index (χ4v) is 4.78. The van der Waals surface area contributed by atoms with Crippen LogP contribution in [-0.4, -0.2) is 19.4 Å². The highest BCUT2D eigenvalue weighted by atomic mass is 15.2. The third kappa shape index (κ3) is 2.62. The molecule has 1 spiro atoms. The highest BCUT2D eigenvalue weighted by Gasteiger charge is 2.43. The standard InChI is InChI=1S/C22H27N3/c1-24-21(23)13-16-25-19-11-5-3-9-17(19)22(14-7-2-8-15-22)18-10-4-6-12-20(18)25/h3-6,9-12H,2,7-8,13-16H2,1H3,(H2,23,24). The van der Waals surface area contributed by atoms with Crippen LogP contribution in [-0.2, 0) is 5.41 Å². The highest BCUT2D eigenvalue weighted by Crippen LogP contribution is 2.55. The van der Waals surface area contributed by atoms with Crippen molar-refractivity contribution >= 4 is 17.2 Å². The van der Waals surface area contributed by atoms with E-state index < -0.39 is 0 Å². The number of anilines is 2. The minimum atomic E-state index is 0.187. The minimum absolute atomic E-state index is 0.187. The van der Waals surface area contributed by atoms with E-state index in [-0.39, 0.29) is 5.41 Å². The molecule has 0 radical (unpaired) electrons. The Morgan fingerprint density at radius 2 is 1.52 bits per heavy atom. The first-order valence-electron chi connectivity index (χ1n) is 9.44. The van der Waals surface area contributed by atoms with Crippen LogP contribution in [0, 0.1) is 0 Å². The molecule has 0 atom stereocenters. The molecule has 1 aliphatic carbocycles. The summed E-state index contributed by atoms with van der Waals surface area (Å²) in [6.45, 7) is 0.868. The first-order valence-corrected chi connectivity index (χ1v) is 9.44. The number of hydrogen-bond donors (Lipinski definition) is 1. The molecular weight excluding hydrogens is 306 g/mol. The van der Waals surface area contributed by atoms with Crippen LogP contribution in [0.2, 0.25) is 0 Å². The van der Waals surface area contributed by atoms with E-state index in [0.29, 0.717) is 5.84 Å². The van der Waals surface area contributed by atoms with Crippen molar-refractivity contribution in [2.75, 3.05) is 18.5 Å². The lowest BCUT2D eigenvalue weighted by Gasteiger charge is -2.47. The molecule has 1 saturated carbocycles. The van der Waals surface area contributed by atoms with Gasteiger partial charge in [-0.25, -0.2) is 0 Å². The van der Waals surface area contributed by atoms with E-state index in [1.807, 2.05) is 0 Å². The van der Waals surface area contributed by atoms with E-state index >= 15 is 0 Å². The Kier molecular flexibility index (Phi) is 4.24. The van der Waals surface area contributed by atoms with Gasteiger partial charge in [-0.05, 0) is 36.1 Å². The Bertz CT molecular complexity index is 738. The summed E-state index contributed by atoms with van der Waals surface area (Å²) in [5.74, 6) is 0.716. The van der Waals surface area contributed by atoms with Crippen molar-refractivity contribution in [1.29, 1.82) is 0 Å². The normalized spacial score (nSPS) is 18.8. The van der Waals surface area contributed by atoms with Gasteiger partial charge in [-0.2, -0.15) is 0 Å².